The van der Waals surface area contributed by atoms with Crippen LogP contribution >= 0.6 is 0 Å². The summed E-state index contributed by atoms with van der Waals surface area (Å²) in [5, 5.41) is 10.6. The van der Waals surface area contributed by atoms with Crippen molar-refractivity contribution < 1.29 is 40.7 Å². The molecule has 0 unspecified atom stereocenters. The van der Waals surface area contributed by atoms with Crippen molar-refractivity contribution in [3.8, 4) is 11.5 Å². The highest BCUT2D eigenvalue weighted by molar-refractivity contribution is 5.46. The van der Waals surface area contributed by atoms with Crippen molar-refractivity contribution in [1.29, 1.82) is 0 Å². The third kappa shape index (κ3) is 6.68. The largest absolute Gasteiger partial charge is 0.484 e. The van der Waals surface area contributed by atoms with Gasteiger partial charge in [-0.25, -0.2) is 0 Å². The number of nitro benzene ring substituents is 1. The van der Waals surface area contributed by atoms with Gasteiger partial charge in [-0.2, -0.15) is 26.3 Å². The third-order valence-electron chi connectivity index (χ3n) is 1.88. The van der Waals surface area contributed by atoms with Gasteiger partial charge in [0.25, 0.3) is 5.69 Å². The number of nitro groups is 1. The normalized spacial score (nSPS) is 12.1. The third-order valence-corrected chi connectivity index (χ3v) is 1.88. The Balaban J connectivity index is 2.92. The lowest BCUT2D eigenvalue weighted by atomic mass is 10.3. The monoisotopic (exact) mass is 319 g/mol. The van der Waals surface area contributed by atoms with Gasteiger partial charge >= 0.3 is 12.4 Å². The average Bonchev–Trinajstić information content (AvgIpc) is 2.32. The summed E-state index contributed by atoms with van der Waals surface area (Å²) >= 11 is 0. The van der Waals surface area contributed by atoms with Crippen LogP contribution in [0.25, 0.3) is 0 Å². The summed E-state index contributed by atoms with van der Waals surface area (Å²) in [5.41, 5.74) is -0.758. The number of halogens is 6. The van der Waals surface area contributed by atoms with Crippen LogP contribution in [0.3, 0.4) is 0 Å². The fourth-order valence-electron chi connectivity index (χ4n) is 1.16. The molecule has 0 saturated carbocycles. The van der Waals surface area contributed by atoms with E-state index < -0.39 is 47.7 Å². The SMILES string of the molecule is O=[N+]([O-])c1cc(OCC(F)(F)F)cc(OCC(F)(F)F)c1. The average molecular weight is 319 g/mol. The summed E-state index contributed by atoms with van der Waals surface area (Å²) < 4.78 is 80.3. The van der Waals surface area contributed by atoms with Crippen LogP contribution in [0.4, 0.5) is 32.0 Å². The van der Waals surface area contributed by atoms with Crippen molar-refractivity contribution in [1.82, 2.24) is 0 Å². The molecule has 0 radical (unpaired) electrons. The zero-order chi connectivity index (χ0) is 16.3. The predicted molar refractivity (Wildman–Crippen MR) is 56.2 cm³/mol. The lowest BCUT2D eigenvalue weighted by Crippen LogP contribution is -2.20. The number of rotatable bonds is 5. The minimum absolute atomic E-state index is 0.626. The number of nitrogens with zero attached hydrogens (tertiary/aromatic N) is 1. The summed E-state index contributed by atoms with van der Waals surface area (Å²) in [6, 6.07) is 1.99. The van der Waals surface area contributed by atoms with E-state index in [2.05, 4.69) is 9.47 Å². The number of non-ortho nitro benzene ring substituents is 1. The molecule has 0 heterocycles. The smallest absolute Gasteiger partial charge is 0.422 e. The first-order valence-electron chi connectivity index (χ1n) is 5.15. The highest BCUT2D eigenvalue weighted by Gasteiger charge is 2.30. The summed E-state index contributed by atoms with van der Waals surface area (Å²) in [5.74, 6) is -1.25. The Morgan fingerprint density at radius 2 is 1.29 bits per heavy atom. The van der Waals surface area contributed by atoms with Crippen molar-refractivity contribution >= 4 is 5.69 Å². The van der Waals surface area contributed by atoms with Crippen LogP contribution in [0.2, 0.25) is 0 Å². The fraction of sp³-hybridized carbons (Fsp3) is 0.400. The first kappa shape index (κ1) is 16.9. The number of hydrogen-bond acceptors (Lipinski definition) is 4. The maximum absolute atomic E-state index is 12.0. The van der Waals surface area contributed by atoms with Crippen molar-refractivity contribution in [2.24, 2.45) is 0 Å². The Morgan fingerprint density at radius 3 is 1.57 bits per heavy atom. The minimum Gasteiger partial charge on any atom is -0.484 e. The van der Waals surface area contributed by atoms with Crippen molar-refractivity contribution in [2.45, 2.75) is 12.4 Å². The Labute approximate surface area is 113 Å². The van der Waals surface area contributed by atoms with Gasteiger partial charge in [0.05, 0.1) is 17.1 Å². The van der Waals surface area contributed by atoms with Gasteiger partial charge < -0.3 is 9.47 Å². The summed E-state index contributed by atoms with van der Waals surface area (Å²) in [6.45, 7) is -3.49. The molecule has 0 saturated heterocycles. The molecule has 11 heteroatoms. The van der Waals surface area contributed by atoms with Crippen LogP contribution in [0.15, 0.2) is 18.2 Å². The van der Waals surface area contributed by atoms with Gasteiger partial charge in [-0.3, -0.25) is 10.1 Å². The number of ether oxygens (including phenoxy) is 2. The standard InChI is InChI=1S/C10H7F6NO4/c11-9(12,13)4-20-7-1-6(17(18)19)2-8(3-7)21-5-10(14,15)16/h1-3H,4-5H2. The van der Waals surface area contributed by atoms with E-state index in [0.717, 1.165) is 0 Å². The van der Waals surface area contributed by atoms with E-state index in [4.69, 9.17) is 0 Å². The predicted octanol–water partition coefficient (Wildman–Crippen LogP) is 3.48. The second-order valence-corrected chi connectivity index (χ2v) is 3.73. The maximum Gasteiger partial charge on any atom is 0.422 e. The molecule has 0 amide bonds. The first-order valence-corrected chi connectivity index (χ1v) is 5.15. The number of hydrogen-bond donors (Lipinski definition) is 0. The van der Waals surface area contributed by atoms with E-state index in [-0.39, 0.29) is 0 Å². The first-order chi connectivity index (χ1) is 9.46. The van der Waals surface area contributed by atoms with Crippen molar-refractivity contribution in [3.05, 3.63) is 28.3 Å². The van der Waals surface area contributed by atoms with Crippen LogP contribution in [-0.2, 0) is 0 Å². The highest BCUT2D eigenvalue weighted by atomic mass is 19.4. The molecule has 21 heavy (non-hydrogen) atoms. The molecule has 0 aliphatic carbocycles. The molecule has 5 nitrogen and oxygen atoms in total. The van der Waals surface area contributed by atoms with Crippen LogP contribution in [0, 0.1) is 10.1 Å². The van der Waals surface area contributed by atoms with E-state index in [9.17, 15) is 36.5 Å². The van der Waals surface area contributed by atoms with E-state index in [1.807, 2.05) is 0 Å². The van der Waals surface area contributed by atoms with Crippen molar-refractivity contribution in [2.75, 3.05) is 13.2 Å². The molecule has 1 aromatic carbocycles. The molecule has 1 aromatic rings. The van der Waals surface area contributed by atoms with E-state index in [1.165, 1.54) is 0 Å². The van der Waals surface area contributed by atoms with Crippen LogP contribution in [0.5, 0.6) is 11.5 Å². The molecule has 0 spiro atoms. The summed E-state index contributed by atoms with van der Waals surface area (Å²) in [4.78, 5) is 9.56. The topological polar surface area (TPSA) is 61.6 Å². The van der Waals surface area contributed by atoms with Gasteiger partial charge in [0.15, 0.2) is 13.2 Å². The van der Waals surface area contributed by atoms with Crippen LogP contribution in [-0.4, -0.2) is 30.5 Å². The second kappa shape index (κ2) is 6.06. The molecule has 0 bridgehead atoms. The Kier molecular flexibility index (Phi) is 4.86. The van der Waals surface area contributed by atoms with Gasteiger partial charge in [0, 0.05) is 6.07 Å². The zero-order valence-corrected chi connectivity index (χ0v) is 9.99. The lowest BCUT2D eigenvalue weighted by molar-refractivity contribution is -0.385. The van der Waals surface area contributed by atoms with Crippen molar-refractivity contribution in [3.63, 3.8) is 0 Å². The number of alkyl halides is 6. The molecule has 1 rings (SSSR count). The fourth-order valence-corrected chi connectivity index (χ4v) is 1.16. The van der Waals surface area contributed by atoms with Gasteiger partial charge in [0.1, 0.15) is 11.5 Å². The lowest BCUT2D eigenvalue weighted by Gasteiger charge is -2.12. The molecular formula is C10H7F6NO4. The Bertz CT molecular complexity index is 477. The molecule has 0 N–H and O–H groups in total. The minimum atomic E-state index is -4.70. The second-order valence-electron chi connectivity index (χ2n) is 3.73. The Hall–Kier alpha value is -2.20. The molecule has 0 atom stereocenters. The molecule has 118 valence electrons. The highest BCUT2D eigenvalue weighted by Crippen LogP contribution is 2.30. The molecular weight excluding hydrogens is 312 g/mol. The molecule has 0 aliphatic heterocycles. The van der Waals surface area contributed by atoms with Gasteiger partial charge in [0.2, 0.25) is 0 Å². The van der Waals surface area contributed by atoms with Gasteiger partial charge in [-0.1, -0.05) is 0 Å². The molecule has 0 aromatic heterocycles. The number of benzene rings is 1. The van der Waals surface area contributed by atoms with Crippen LogP contribution in [0.1, 0.15) is 0 Å². The van der Waals surface area contributed by atoms with E-state index in [1.54, 1.807) is 0 Å². The summed E-state index contributed by atoms with van der Waals surface area (Å²) in [7, 11) is 0. The van der Waals surface area contributed by atoms with E-state index >= 15 is 0 Å². The quantitative estimate of drug-likeness (QED) is 0.473. The van der Waals surface area contributed by atoms with E-state index in [0.29, 0.717) is 18.2 Å². The molecule has 0 aliphatic rings. The van der Waals surface area contributed by atoms with Gasteiger partial charge in [-0.15, -0.1) is 0 Å². The zero-order valence-electron chi connectivity index (χ0n) is 9.99. The molecule has 0 fully saturated rings. The van der Waals surface area contributed by atoms with Crippen LogP contribution < -0.4 is 9.47 Å². The summed E-state index contributed by atoms with van der Waals surface area (Å²) in [6.07, 6.45) is -9.39. The maximum atomic E-state index is 12.0. The Morgan fingerprint density at radius 1 is 0.905 bits per heavy atom. The van der Waals surface area contributed by atoms with Gasteiger partial charge in [-0.05, 0) is 0 Å².